The first-order valence-electron chi connectivity index (χ1n) is 4.93. The first-order valence-corrected chi connectivity index (χ1v) is 5.31. The second kappa shape index (κ2) is 3.48. The van der Waals surface area contributed by atoms with Gasteiger partial charge in [0.2, 0.25) is 0 Å². The summed E-state index contributed by atoms with van der Waals surface area (Å²) < 4.78 is 121. The first-order chi connectivity index (χ1) is 8.67. The molecule has 3 atom stereocenters. The molecule has 2 aliphatic carbocycles. The average Bonchev–Trinajstić information content (AvgIpc) is 2.39. The van der Waals surface area contributed by atoms with Crippen LogP contribution in [0, 0.1) is 0 Å². The molecule has 0 heterocycles. The molecule has 0 spiro atoms. The van der Waals surface area contributed by atoms with Gasteiger partial charge in [-0.15, -0.1) is 0 Å². The Balaban J connectivity index is 2.87. The van der Waals surface area contributed by atoms with E-state index in [1.807, 2.05) is 0 Å². The van der Waals surface area contributed by atoms with Crippen molar-refractivity contribution in [1.29, 1.82) is 0 Å². The number of hydrogen-bond acceptors (Lipinski definition) is 0. The van der Waals surface area contributed by atoms with Gasteiger partial charge in [-0.3, -0.25) is 0 Å². The van der Waals surface area contributed by atoms with Crippen molar-refractivity contribution in [2.45, 2.75) is 34.7 Å². The summed E-state index contributed by atoms with van der Waals surface area (Å²) in [5.74, 6) is -17.0. The van der Waals surface area contributed by atoms with Gasteiger partial charge in [0.05, 0.1) is 0 Å². The zero-order valence-electron chi connectivity index (χ0n) is 9.14. The summed E-state index contributed by atoms with van der Waals surface area (Å²) in [4.78, 5) is 0. The van der Waals surface area contributed by atoms with Crippen LogP contribution in [-0.2, 0) is 0 Å². The fraction of sp³-hybridized carbons (Fsp3) is 0.600. The Morgan fingerprint density at radius 1 is 1.00 bits per heavy atom. The van der Waals surface area contributed by atoms with Crippen LogP contribution in [0.15, 0.2) is 23.8 Å². The molecule has 0 aromatic carbocycles. The molecule has 0 aromatic rings. The van der Waals surface area contributed by atoms with E-state index in [1.54, 1.807) is 0 Å². The lowest BCUT2D eigenvalue weighted by Gasteiger charge is -2.43. The maximum absolute atomic E-state index is 14.2. The molecule has 10 heteroatoms. The zero-order valence-corrected chi connectivity index (χ0v) is 9.90. The summed E-state index contributed by atoms with van der Waals surface area (Å²) in [6, 6.07) is 0. The van der Waals surface area contributed by atoms with E-state index >= 15 is 0 Å². The third-order valence-corrected chi connectivity index (χ3v) is 3.91. The van der Waals surface area contributed by atoms with Gasteiger partial charge in [0.1, 0.15) is 0 Å². The summed E-state index contributed by atoms with van der Waals surface area (Å²) in [5, 5.41) is -5.23. The van der Waals surface area contributed by atoms with Crippen LogP contribution in [0.5, 0.6) is 0 Å². The number of fused-ring (bicyclic) bond motifs is 1. The van der Waals surface area contributed by atoms with Crippen LogP contribution in [0.3, 0.4) is 0 Å². The highest BCUT2D eigenvalue weighted by Gasteiger charge is 2.91. The van der Waals surface area contributed by atoms with Gasteiger partial charge >= 0.3 is 17.8 Å². The van der Waals surface area contributed by atoms with Crippen molar-refractivity contribution in [2.75, 3.05) is 0 Å². The fourth-order valence-corrected chi connectivity index (χ4v) is 2.52. The van der Waals surface area contributed by atoms with Crippen LogP contribution >= 0.6 is 11.6 Å². The number of hydrogen-bond donors (Lipinski definition) is 0. The highest BCUT2D eigenvalue weighted by molar-refractivity contribution is 6.26. The smallest absolute Gasteiger partial charge is 0.236 e. The van der Waals surface area contributed by atoms with Crippen LogP contribution in [0.2, 0.25) is 0 Å². The molecule has 1 saturated carbocycles. The standard InChI is InChI=1S/C10H4ClF9/c1-3-4-2-5(12)8(16,17)10(19,20)6(4,13)9(11,18)7(3,14)15/h2,5H,1H2. The van der Waals surface area contributed by atoms with Crippen molar-refractivity contribution in [3.63, 3.8) is 0 Å². The minimum Gasteiger partial charge on any atom is -0.236 e. The van der Waals surface area contributed by atoms with Crippen LogP contribution in [0.1, 0.15) is 0 Å². The number of alkyl halides is 10. The van der Waals surface area contributed by atoms with E-state index in [9.17, 15) is 39.5 Å². The number of allylic oxidation sites excluding steroid dienone is 3. The third kappa shape index (κ3) is 1.19. The summed E-state index contributed by atoms with van der Waals surface area (Å²) in [5.41, 5.74) is -9.22. The molecule has 0 N–H and O–H groups in total. The highest BCUT2D eigenvalue weighted by Crippen LogP contribution is 2.70. The Bertz CT molecular complexity index is 521. The van der Waals surface area contributed by atoms with Crippen molar-refractivity contribution in [3.8, 4) is 0 Å². The van der Waals surface area contributed by atoms with Gasteiger partial charge in [0.15, 0.2) is 6.17 Å². The van der Waals surface area contributed by atoms with Gasteiger partial charge in [-0.05, 0) is 6.08 Å². The van der Waals surface area contributed by atoms with Gasteiger partial charge < -0.3 is 0 Å². The molecule has 0 saturated heterocycles. The minimum atomic E-state index is -6.14. The van der Waals surface area contributed by atoms with Crippen LogP contribution in [0.25, 0.3) is 0 Å². The minimum absolute atomic E-state index is 0.544. The molecule has 1 fully saturated rings. The molecular formula is C10H4ClF9. The van der Waals surface area contributed by atoms with E-state index in [1.165, 1.54) is 0 Å². The van der Waals surface area contributed by atoms with E-state index in [0.717, 1.165) is 0 Å². The maximum Gasteiger partial charge on any atom is 0.355 e. The second-order valence-electron chi connectivity index (χ2n) is 4.47. The SMILES string of the molecule is C=C1C2=CC(F)C(F)(F)C(F)(F)C2(F)C(F)(Cl)C1(F)F. The van der Waals surface area contributed by atoms with E-state index < -0.39 is 52.0 Å². The Labute approximate surface area is 110 Å². The molecular weight excluding hydrogens is 327 g/mol. The molecule has 114 valence electrons. The lowest BCUT2D eigenvalue weighted by Crippen LogP contribution is -2.69. The molecule has 3 unspecified atom stereocenters. The van der Waals surface area contributed by atoms with Gasteiger partial charge in [0.25, 0.3) is 10.8 Å². The number of halogens is 10. The summed E-state index contributed by atoms with van der Waals surface area (Å²) in [6.07, 6.45) is -4.34. The molecule has 2 rings (SSSR count). The van der Waals surface area contributed by atoms with E-state index in [0.29, 0.717) is 0 Å². The van der Waals surface area contributed by atoms with E-state index in [4.69, 9.17) is 0 Å². The monoisotopic (exact) mass is 330 g/mol. The second-order valence-corrected chi connectivity index (χ2v) is 4.99. The van der Waals surface area contributed by atoms with Crippen LogP contribution < -0.4 is 0 Å². The summed E-state index contributed by atoms with van der Waals surface area (Å²) >= 11 is 4.50. The van der Waals surface area contributed by atoms with Gasteiger partial charge in [-0.1, -0.05) is 18.2 Å². The largest absolute Gasteiger partial charge is 0.355 e. The third-order valence-electron chi connectivity index (χ3n) is 3.41. The molecule has 0 nitrogen and oxygen atoms in total. The molecule has 20 heavy (non-hydrogen) atoms. The molecule has 0 radical (unpaired) electrons. The maximum atomic E-state index is 14.2. The Kier molecular flexibility index (Phi) is 2.70. The Morgan fingerprint density at radius 3 is 1.90 bits per heavy atom. The van der Waals surface area contributed by atoms with E-state index in [-0.39, 0.29) is 0 Å². The predicted octanol–water partition coefficient (Wildman–Crippen LogP) is 4.35. The molecule has 0 amide bonds. The summed E-state index contributed by atoms with van der Waals surface area (Å²) in [6.45, 7) is 2.45. The quantitative estimate of drug-likeness (QED) is 0.457. The lowest BCUT2D eigenvalue weighted by molar-refractivity contribution is -0.304. The predicted molar refractivity (Wildman–Crippen MR) is 50.5 cm³/mol. The summed E-state index contributed by atoms with van der Waals surface area (Å²) in [7, 11) is 0. The fourth-order valence-electron chi connectivity index (χ4n) is 2.19. The molecule has 0 aliphatic heterocycles. The topological polar surface area (TPSA) is 0 Å². The number of rotatable bonds is 0. The first kappa shape index (κ1) is 15.5. The average molecular weight is 331 g/mol. The van der Waals surface area contributed by atoms with Crippen LogP contribution in [0.4, 0.5) is 39.5 Å². The zero-order chi connectivity index (χ0) is 15.9. The Hall–Kier alpha value is -0.860. The highest BCUT2D eigenvalue weighted by atomic mass is 35.5. The Morgan fingerprint density at radius 2 is 1.45 bits per heavy atom. The van der Waals surface area contributed by atoms with Crippen LogP contribution in [-0.4, -0.2) is 34.7 Å². The molecule has 2 aliphatic rings. The molecule has 0 bridgehead atoms. The van der Waals surface area contributed by atoms with Crippen molar-refractivity contribution >= 4 is 11.6 Å². The van der Waals surface area contributed by atoms with Gasteiger partial charge in [-0.25, -0.2) is 13.2 Å². The van der Waals surface area contributed by atoms with Crippen molar-refractivity contribution in [3.05, 3.63) is 23.8 Å². The normalized spacial score (nSPS) is 45.0. The van der Waals surface area contributed by atoms with Gasteiger partial charge in [0, 0.05) is 11.1 Å². The molecule has 0 aromatic heterocycles. The van der Waals surface area contributed by atoms with Crippen molar-refractivity contribution in [2.24, 2.45) is 0 Å². The van der Waals surface area contributed by atoms with Crippen molar-refractivity contribution < 1.29 is 39.5 Å². The van der Waals surface area contributed by atoms with E-state index in [2.05, 4.69) is 18.2 Å². The van der Waals surface area contributed by atoms with Gasteiger partial charge in [-0.2, -0.15) is 26.3 Å². The van der Waals surface area contributed by atoms with Crippen molar-refractivity contribution in [1.82, 2.24) is 0 Å². The lowest BCUT2D eigenvalue weighted by atomic mass is 9.78.